The summed E-state index contributed by atoms with van der Waals surface area (Å²) in [5.41, 5.74) is 3.79. The van der Waals surface area contributed by atoms with Crippen LogP contribution in [0.2, 0.25) is 0 Å². The fourth-order valence-electron chi connectivity index (χ4n) is 3.41. The van der Waals surface area contributed by atoms with Gasteiger partial charge in [0.25, 0.3) is 0 Å². The van der Waals surface area contributed by atoms with Crippen molar-refractivity contribution in [2.45, 2.75) is 18.1 Å². The predicted molar refractivity (Wildman–Crippen MR) is 128 cm³/mol. The first kappa shape index (κ1) is 22.3. The summed E-state index contributed by atoms with van der Waals surface area (Å²) in [7, 11) is 0. The van der Waals surface area contributed by atoms with Crippen molar-refractivity contribution in [3.8, 4) is 11.3 Å². The molecule has 1 saturated heterocycles. The number of aromatic nitrogens is 1. The molecule has 3 aromatic rings. The summed E-state index contributed by atoms with van der Waals surface area (Å²) in [6.07, 6.45) is 1.41. The quantitative estimate of drug-likeness (QED) is 0.301. The minimum absolute atomic E-state index is 0.0206. The van der Waals surface area contributed by atoms with Crippen LogP contribution < -0.4 is 10.6 Å². The van der Waals surface area contributed by atoms with E-state index in [-0.39, 0.29) is 31.2 Å². The molecule has 1 aliphatic heterocycles. The highest BCUT2D eigenvalue weighted by Gasteiger charge is 2.32. The lowest BCUT2D eigenvalue weighted by atomic mass is 10.1. The summed E-state index contributed by atoms with van der Waals surface area (Å²) in [6.45, 7) is 0.0206. The van der Waals surface area contributed by atoms with Crippen LogP contribution in [0.4, 0.5) is 0 Å². The standard InChI is InChI=1S/C23H21N5O4S/c29-19(24-11-10-20(30)31)12-18-22(32)27-23(33-18)28-25-13-16-15-8-4-5-9-17(15)26-21(16)14-6-2-1-3-7-14/h1-9,13,18,26H,10-12H2,(H,24,29)(H,30,31)(H,27,28,32). The van der Waals surface area contributed by atoms with E-state index >= 15 is 0 Å². The third-order valence-corrected chi connectivity index (χ3v) is 6.02. The summed E-state index contributed by atoms with van der Waals surface area (Å²) in [5.74, 6) is -1.72. The Morgan fingerprint density at radius 1 is 1.12 bits per heavy atom. The number of carbonyl (C=O) groups is 3. The van der Waals surface area contributed by atoms with Crippen molar-refractivity contribution in [3.05, 3.63) is 60.2 Å². The second-order valence-corrected chi connectivity index (χ2v) is 8.46. The Hall–Kier alpha value is -3.92. The zero-order valence-electron chi connectivity index (χ0n) is 17.4. The topological polar surface area (TPSA) is 136 Å². The van der Waals surface area contributed by atoms with Crippen LogP contribution in [0.25, 0.3) is 22.2 Å². The van der Waals surface area contributed by atoms with Gasteiger partial charge >= 0.3 is 5.97 Å². The van der Waals surface area contributed by atoms with Gasteiger partial charge in [-0.15, -0.1) is 5.10 Å². The number of aliphatic carboxylic acids is 1. The molecule has 1 aliphatic rings. The van der Waals surface area contributed by atoms with Crippen molar-refractivity contribution in [3.63, 3.8) is 0 Å². The van der Waals surface area contributed by atoms with Gasteiger partial charge in [-0.1, -0.05) is 60.3 Å². The van der Waals surface area contributed by atoms with E-state index < -0.39 is 11.2 Å². The molecule has 1 atom stereocenters. The normalized spacial score (nSPS) is 17.0. The number of carboxylic acid groups (broad SMARTS) is 1. The van der Waals surface area contributed by atoms with Crippen LogP contribution in [0.3, 0.4) is 0 Å². The van der Waals surface area contributed by atoms with Crippen molar-refractivity contribution < 1.29 is 19.5 Å². The largest absolute Gasteiger partial charge is 0.481 e. The molecule has 1 aromatic heterocycles. The van der Waals surface area contributed by atoms with Gasteiger partial charge in [-0.2, -0.15) is 5.10 Å². The highest BCUT2D eigenvalue weighted by atomic mass is 32.2. The SMILES string of the molecule is O=C(O)CCNC(=O)CC1S/C(=N/N=Cc2c(-c3ccccc3)[nH]c3ccccc23)NC1=O. The van der Waals surface area contributed by atoms with Gasteiger partial charge in [0.05, 0.1) is 18.3 Å². The van der Waals surface area contributed by atoms with Crippen LogP contribution in [0, 0.1) is 0 Å². The minimum atomic E-state index is -0.999. The van der Waals surface area contributed by atoms with Crippen molar-refractivity contribution in [1.82, 2.24) is 15.6 Å². The van der Waals surface area contributed by atoms with E-state index in [0.29, 0.717) is 5.17 Å². The van der Waals surface area contributed by atoms with Crippen molar-refractivity contribution in [2.24, 2.45) is 10.2 Å². The predicted octanol–water partition coefficient (Wildman–Crippen LogP) is 2.74. The maximum atomic E-state index is 12.2. The number of amidine groups is 1. The maximum absolute atomic E-state index is 12.2. The van der Waals surface area contributed by atoms with Crippen LogP contribution >= 0.6 is 11.8 Å². The van der Waals surface area contributed by atoms with Crippen molar-refractivity contribution in [1.29, 1.82) is 0 Å². The first-order chi connectivity index (χ1) is 16.0. The molecule has 1 fully saturated rings. The van der Waals surface area contributed by atoms with Gasteiger partial charge in [-0.05, 0) is 11.6 Å². The number of thioether (sulfide) groups is 1. The molecule has 2 heterocycles. The lowest BCUT2D eigenvalue weighted by molar-refractivity contribution is -0.137. The molecule has 2 aromatic carbocycles. The number of para-hydroxylation sites is 1. The Labute approximate surface area is 193 Å². The number of aromatic amines is 1. The monoisotopic (exact) mass is 463 g/mol. The molecule has 4 rings (SSSR count). The number of nitrogens with one attached hydrogen (secondary N) is 3. The first-order valence-electron chi connectivity index (χ1n) is 10.2. The number of nitrogens with zero attached hydrogens (tertiary/aromatic N) is 2. The number of amides is 2. The summed E-state index contributed by atoms with van der Waals surface area (Å²) in [5, 5.41) is 22.7. The molecule has 9 nitrogen and oxygen atoms in total. The van der Waals surface area contributed by atoms with E-state index in [1.165, 1.54) is 0 Å². The minimum Gasteiger partial charge on any atom is -0.481 e. The van der Waals surface area contributed by atoms with E-state index in [1.54, 1.807) is 6.21 Å². The average Bonchev–Trinajstić information content (AvgIpc) is 3.34. The lowest BCUT2D eigenvalue weighted by Crippen LogP contribution is -2.32. The number of fused-ring (bicyclic) bond motifs is 1. The van der Waals surface area contributed by atoms with Gasteiger partial charge in [0.1, 0.15) is 5.25 Å². The molecule has 4 N–H and O–H groups in total. The summed E-state index contributed by atoms with van der Waals surface area (Å²) in [4.78, 5) is 38.0. The van der Waals surface area contributed by atoms with E-state index in [0.717, 1.165) is 39.5 Å². The molecule has 0 bridgehead atoms. The van der Waals surface area contributed by atoms with Gasteiger partial charge in [0.15, 0.2) is 5.17 Å². The molecule has 0 spiro atoms. The third kappa shape index (κ3) is 5.47. The second kappa shape index (κ2) is 10.1. The summed E-state index contributed by atoms with van der Waals surface area (Å²) >= 11 is 1.12. The number of hydrogen-bond donors (Lipinski definition) is 4. The average molecular weight is 464 g/mol. The van der Waals surface area contributed by atoms with Gasteiger partial charge in [0, 0.05) is 29.4 Å². The molecule has 168 valence electrons. The Morgan fingerprint density at radius 2 is 1.88 bits per heavy atom. The zero-order valence-corrected chi connectivity index (χ0v) is 18.3. The van der Waals surface area contributed by atoms with E-state index in [1.807, 2.05) is 54.6 Å². The Morgan fingerprint density at radius 3 is 2.67 bits per heavy atom. The lowest BCUT2D eigenvalue weighted by Gasteiger charge is -2.05. The molecular weight excluding hydrogens is 442 g/mol. The highest BCUT2D eigenvalue weighted by Crippen LogP contribution is 2.29. The Kier molecular flexibility index (Phi) is 6.84. The number of H-pyrrole nitrogens is 1. The molecule has 33 heavy (non-hydrogen) atoms. The van der Waals surface area contributed by atoms with Gasteiger partial charge in [0.2, 0.25) is 11.8 Å². The molecule has 0 saturated carbocycles. The molecule has 0 aliphatic carbocycles. The fourth-order valence-corrected chi connectivity index (χ4v) is 4.33. The smallest absolute Gasteiger partial charge is 0.305 e. The molecule has 10 heteroatoms. The zero-order chi connectivity index (χ0) is 23.2. The maximum Gasteiger partial charge on any atom is 0.305 e. The van der Waals surface area contributed by atoms with Crippen LogP contribution in [-0.2, 0) is 14.4 Å². The molecule has 1 unspecified atom stereocenters. The van der Waals surface area contributed by atoms with E-state index in [4.69, 9.17) is 5.11 Å². The van der Waals surface area contributed by atoms with Crippen LogP contribution in [-0.4, -0.2) is 51.1 Å². The number of carboxylic acids is 1. The van der Waals surface area contributed by atoms with Gasteiger partial charge < -0.3 is 20.7 Å². The van der Waals surface area contributed by atoms with Crippen LogP contribution in [0.1, 0.15) is 18.4 Å². The number of rotatable bonds is 8. The molecule has 2 amide bonds. The highest BCUT2D eigenvalue weighted by molar-refractivity contribution is 8.15. The number of benzene rings is 2. The van der Waals surface area contributed by atoms with Crippen molar-refractivity contribution >= 4 is 51.8 Å². The van der Waals surface area contributed by atoms with Gasteiger partial charge in [-0.3, -0.25) is 14.4 Å². The van der Waals surface area contributed by atoms with E-state index in [9.17, 15) is 14.4 Å². The Bertz CT molecular complexity index is 1250. The number of hydrogen-bond acceptors (Lipinski definition) is 6. The number of carbonyl (C=O) groups excluding carboxylic acids is 2. The summed E-state index contributed by atoms with van der Waals surface area (Å²) < 4.78 is 0. The van der Waals surface area contributed by atoms with Gasteiger partial charge in [-0.25, -0.2) is 0 Å². The molecular formula is C23H21N5O4S. The fraction of sp³-hybridized carbons (Fsp3) is 0.174. The first-order valence-corrected chi connectivity index (χ1v) is 11.1. The summed E-state index contributed by atoms with van der Waals surface area (Å²) in [6, 6.07) is 17.8. The third-order valence-electron chi connectivity index (χ3n) is 4.95. The van der Waals surface area contributed by atoms with Crippen molar-refractivity contribution in [2.75, 3.05) is 6.54 Å². The second-order valence-electron chi connectivity index (χ2n) is 7.27. The van der Waals surface area contributed by atoms with Crippen LogP contribution in [0.15, 0.2) is 64.8 Å². The Balaban J connectivity index is 1.47. The molecule has 0 radical (unpaired) electrons. The van der Waals surface area contributed by atoms with E-state index in [2.05, 4.69) is 25.8 Å². The van der Waals surface area contributed by atoms with Crippen LogP contribution in [0.5, 0.6) is 0 Å².